The Balaban J connectivity index is 3.08. The monoisotopic (exact) mass is 267 g/mol. The summed E-state index contributed by atoms with van der Waals surface area (Å²) >= 11 is 3.10. The molecule has 6 heteroatoms. The van der Waals surface area contributed by atoms with Crippen molar-refractivity contribution in [3.05, 3.63) is 34.1 Å². The lowest BCUT2D eigenvalue weighted by Crippen LogP contribution is -2.15. The lowest BCUT2D eigenvalue weighted by Gasteiger charge is -2.01. The maximum absolute atomic E-state index is 13.0. The highest BCUT2D eigenvalue weighted by molar-refractivity contribution is 9.10. The molecular formula is C7H7BrFNO2S. The predicted octanol–water partition coefficient (Wildman–Crippen LogP) is 1.38. The second-order valence-corrected chi connectivity index (χ2v) is 5.07. The Morgan fingerprint density at radius 2 is 2.08 bits per heavy atom. The zero-order chi connectivity index (χ0) is 10.1. The summed E-state index contributed by atoms with van der Waals surface area (Å²) in [4.78, 5) is 0. The summed E-state index contributed by atoms with van der Waals surface area (Å²) in [6, 6.07) is 4.06. The molecule has 0 atom stereocenters. The van der Waals surface area contributed by atoms with Gasteiger partial charge in [0.15, 0.2) is 0 Å². The number of benzene rings is 1. The van der Waals surface area contributed by atoms with Crippen LogP contribution in [-0.2, 0) is 15.8 Å². The maximum atomic E-state index is 13.0. The first-order chi connectivity index (χ1) is 5.88. The van der Waals surface area contributed by atoms with E-state index in [-0.39, 0.29) is 5.56 Å². The van der Waals surface area contributed by atoms with Crippen LogP contribution >= 0.6 is 15.9 Å². The SMILES string of the molecule is NS(=O)(=O)Cc1cc(Br)ccc1F. The third kappa shape index (κ3) is 3.41. The van der Waals surface area contributed by atoms with Gasteiger partial charge in [-0.15, -0.1) is 0 Å². The first-order valence-corrected chi connectivity index (χ1v) is 5.84. The zero-order valence-electron chi connectivity index (χ0n) is 6.50. The molecule has 13 heavy (non-hydrogen) atoms. The van der Waals surface area contributed by atoms with Crippen LogP contribution in [0.1, 0.15) is 5.56 Å². The van der Waals surface area contributed by atoms with Gasteiger partial charge in [-0.25, -0.2) is 17.9 Å². The molecule has 0 aromatic heterocycles. The van der Waals surface area contributed by atoms with Crippen LogP contribution in [0.15, 0.2) is 22.7 Å². The van der Waals surface area contributed by atoms with Crippen molar-refractivity contribution in [3.8, 4) is 0 Å². The average Bonchev–Trinajstić information content (AvgIpc) is 1.94. The van der Waals surface area contributed by atoms with Crippen molar-refractivity contribution in [1.82, 2.24) is 0 Å². The van der Waals surface area contributed by atoms with Crippen LogP contribution in [-0.4, -0.2) is 8.42 Å². The quantitative estimate of drug-likeness (QED) is 0.880. The van der Waals surface area contributed by atoms with E-state index in [1.807, 2.05) is 0 Å². The molecular weight excluding hydrogens is 261 g/mol. The molecule has 1 aromatic rings. The fraction of sp³-hybridized carbons (Fsp3) is 0.143. The minimum absolute atomic E-state index is 0.0666. The smallest absolute Gasteiger partial charge is 0.213 e. The summed E-state index contributed by atoms with van der Waals surface area (Å²) < 4.78 is 34.9. The Kier molecular flexibility index (Phi) is 3.05. The summed E-state index contributed by atoms with van der Waals surface area (Å²) in [6.45, 7) is 0. The number of sulfonamides is 1. The van der Waals surface area contributed by atoms with Crippen molar-refractivity contribution >= 4 is 26.0 Å². The highest BCUT2D eigenvalue weighted by Crippen LogP contribution is 2.16. The van der Waals surface area contributed by atoms with Crippen LogP contribution in [0.5, 0.6) is 0 Å². The minimum Gasteiger partial charge on any atom is -0.228 e. The van der Waals surface area contributed by atoms with E-state index in [9.17, 15) is 12.8 Å². The summed E-state index contributed by atoms with van der Waals surface area (Å²) in [5.74, 6) is -1.06. The number of rotatable bonds is 2. The van der Waals surface area contributed by atoms with Gasteiger partial charge in [-0.2, -0.15) is 0 Å². The molecule has 72 valence electrons. The number of hydrogen-bond donors (Lipinski definition) is 1. The molecule has 1 aromatic carbocycles. The number of nitrogens with two attached hydrogens (primary N) is 1. The Bertz CT molecular complexity index is 419. The number of hydrogen-bond acceptors (Lipinski definition) is 2. The van der Waals surface area contributed by atoms with E-state index in [1.54, 1.807) is 0 Å². The van der Waals surface area contributed by atoms with Gasteiger partial charge in [-0.3, -0.25) is 0 Å². The van der Waals surface area contributed by atoms with Gasteiger partial charge in [0.1, 0.15) is 5.82 Å². The van der Waals surface area contributed by atoms with Crippen molar-refractivity contribution in [2.75, 3.05) is 0 Å². The molecule has 0 radical (unpaired) electrons. The third-order valence-corrected chi connectivity index (χ3v) is 2.57. The van der Waals surface area contributed by atoms with Gasteiger partial charge in [0.2, 0.25) is 10.0 Å². The Morgan fingerprint density at radius 1 is 1.46 bits per heavy atom. The molecule has 0 amide bonds. The second-order valence-electron chi connectivity index (χ2n) is 2.54. The van der Waals surface area contributed by atoms with E-state index in [4.69, 9.17) is 5.14 Å². The predicted molar refractivity (Wildman–Crippen MR) is 50.9 cm³/mol. The molecule has 2 N–H and O–H groups in total. The van der Waals surface area contributed by atoms with Crippen LogP contribution in [0.4, 0.5) is 4.39 Å². The van der Waals surface area contributed by atoms with E-state index in [0.29, 0.717) is 4.47 Å². The molecule has 1 rings (SSSR count). The Hall–Kier alpha value is -0.460. The molecule has 0 aliphatic heterocycles. The van der Waals surface area contributed by atoms with Crippen molar-refractivity contribution < 1.29 is 12.8 Å². The molecule has 0 saturated carbocycles. The number of primary sulfonamides is 1. The van der Waals surface area contributed by atoms with Gasteiger partial charge in [-0.05, 0) is 18.2 Å². The minimum atomic E-state index is -3.68. The van der Waals surface area contributed by atoms with Gasteiger partial charge >= 0.3 is 0 Å². The molecule has 0 aliphatic rings. The van der Waals surface area contributed by atoms with E-state index in [0.717, 1.165) is 0 Å². The molecule has 0 unspecified atom stereocenters. The van der Waals surface area contributed by atoms with E-state index >= 15 is 0 Å². The fourth-order valence-corrected chi connectivity index (χ4v) is 1.93. The molecule has 0 spiro atoms. The van der Waals surface area contributed by atoms with E-state index in [2.05, 4.69) is 15.9 Å². The summed E-state index contributed by atoms with van der Waals surface area (Å²) in [6.07, 6.45) is 0. The summed E-state index contributed by atoms with van der Waals surface area (Å²) in [5.41, 5.74) is 0.0666. The normalized spacial score (nSPS) is 11.6. The fourth-order valence-electron chi connectivity index (χ4n) is 0.871. The molecule has 0 heterocycles. The lowest BCUT2D eigenvalue weighted by molar-refractivity contribution is 0.588. The van der Waals surface area contributed by atoms with Crippen molar-refractivity contribution in [2.45, 2.75) is 5.75 Å². The Morgan fingerprint density at radius 3 is 2.62 bits per heavy atom. The molecule has 0 fully saturated rings. The molecule has 0 bridgehead atoms. The molecule has 3 nitrogen and oxygen atoms in total. The highest BCUT2D eigenvalue weighted by atomic mass is 79.9. The van der Waals surface area contributed by atoms with E-state index in [1.165, 1.54) is 18.2 Å². The van der Waals surface area contributed by atoms with Crippen molar-refractivity contribution in [3.63, 3.8) is 0 Å². The number of halogens is 2. The Labute approximate surface area is 83.9 Å². The first kappa shape index (κ1) is 10.6. The van der Waals surface area contributed by atoms with Crippen LogP contribution in [0.3, 0.4) is 0 Å². The zero-order valence-corrected chi connectivity index (χ0v) is 8.90. The summed E-state index contributed by atoms with van der Waals surface area (Å²) in [7, 11) is -3.68. The van der Waals surface area contributed by atoms with Gasteiger partial charge in [-0.1, -0.05) is 15.9 Å². The van der Waals surface area contributed by atoms with Gasteiger partial charge in [0, 0.05) is 10.0 Å². The van der Waals surface area contributed by atoms with Gasteiger partial charge in [0.05, 0.1) is 5.75 Å². The topological polar surface area (TPSA) is 60.2 Å². The van der Waals surface area contributed by atoms with Crippen molar-refractivity contribution in [1.29, 1.82) is 0 Å². The standard InChI is InChI=1S/C7H7BrFNO2S/c8-6-1-2-7(9)5(3-6)4-13(10,11)12/h1-3H,4H2,(H2,10,11,12). The first-order valence-electron chi connectivity index (χ1n) is 3.33. The highest BCUT2D eigenvalue weighted by Gasteiger charge is 2.09. The largest absolute Gasteiger partial charge is 0.228 e. The molecule has 0 aliphatic carbocycles. The van der Waals surface area contributed by atoms with E-state index < -0.39 is 21.6 Å². The van der Waals surface area contributed by atoms with Gasteiger partial charge in [0.25, 0.3) is 0 Å². The lowest BCUT2D eigenvalue weighted by atomic mass is 10.2. The second kappa shape index (κ2) is 3.73. The maximum Gasteiger partial charge on any atom is 0.213 e. The van der Waals surface area contributed by atoms with Crippen LogP contribution in [0.2, 0.25) is 0 Å². The van der Waals surface area contributed by atoms with Crippen LogP contribution in [0.25, 0.3) is 0 Å². The third-order valence-electron chi connectivity index (χ3n) is 1.36. The summed E-state index contributed by atoms with van der Waals surface area (Å²) in [5, 5.41) is 4.78. The van der Waals surface area contributed by atoms with Gasteiger partial charge < -0.3 is 0 Å². The molecule has 0 saturated heterocycles. The van der Waals surface area contributed by atoms with Crippen LogP contribution in [0, 0.1) is 5.82 Å². The van der Waals surface area contributed by atoms with Crippen LogP contribution < -0.4 is 5.14 Å². The average molecular weight is 268 g/mol. The van der Waals surface area contributed by atoms with Crippen molar-refractivity contribution in [2.24, 2.45) is 5.14 Å².